The molecule has 1 aliphatic rings. The van der Waals surface area contributed by atoms with Gasteiger partial charge in [0.25, 0.3) is 0 Å². The van der Waals surface area contributed by atoms with Crippen LogP contribution in [0.3, 0.4) is 0 Å². The summed E-state index contributed by atoms with van der Waals surface area (Å²) in [6.45, 7) is 2.76. The zero-order valence-electron chi connectivity index (χ0n) is 10.6. The molecule has 0 spiro atoms. The Kier molecular flexibility index (Phi) is 4.84. The fourth-order valence-corrected chi connectivity index (χ4v) is 2.31. The van der Waals surface area contributed by atoms with E-state index in [0.717, 1.165) is 38.9 Å². The molecule has 1 fully saturated rings. The Balaban J connectivity index is 1.62. The third-order valence-electron chi connectivity index (χ3n) is 3.36. The lowest BCUT2D eigenvalue weighted by atomic mass is 10.1. The zero-order valence-corrected chi connectivity index (χ0v) is 10.6. The van der Waals surface area contributed by atoms with Gasteiger partial charge in [-0.2, -0.15) is 0 Å². The van der Waals surface area contributed by atoms with E-state index >= 15 is 0 Å². The highest BCUT2D eigenvalue weighted by Crippen LogP contribution is 2.11. The second kappa shape index (κ2) is 6.61. The molecule has 2 heterocycles. The number of rotatable bonds is 6. The maximum atomic E-state index is 11.8. The lowest BCUT2D eigenvalue weighted by Gasteiger charge is -2.13. The summed E-state index contributed by atoms with van der Waals surface area (Å²) < 4.78 is 0. The second-order valence-electron chi connectivity index (χ2n) is 4.87. The highest BCUT2D eigenvalue weighted by molar-refractivity contribution is 5.95. The van der Waals surface area contributed by atoms with Crippen LogP contribution in [0.15, 0.2) is 24.5 Å². The lowest BCUT2D eigenvalue weighted by Crippen LogP contribution is -2.23. The number of Topliss-reactive ketones (excluding diaryl/α,β-unsaturated/α-hetero) is 1. The Hall–Kier alpha value is -1.26. The maximum Gasteiger partial charge on any atom is 0.164 e. The summed E-state index contributed by atoms with van der Waals surface area (Å²) in [4.78, 5) is 18.0. The SMILES string of the molecule is O=C(CCCCN1CCC(O)C1)c1cccnc1. The van der Waals surface area contributed by atoms with Crippen LogP contribution in [-0.2, 0) is 0 Å². The van der Waals surface area contributed by atoms with Gasteiger partial charge in [-0.1, -0.05) is 0 Å². The molecule has 0 amide bonds. The number of aromatic nitrogens is 1. The van der Waals surface area contributed by atoms with Crippen molar-refractivity contribution in [1.82, 2.24) is 9.88 Å². The average Bonchev–Trinajstić information content (AvgIpc) is 2.81. The number of unbranched alkanes of at least 4 members (excludes halogenated alkanes) is 1. The normalized spacial score (nSPS) is 20.2. The molecule has 1 aliphatic heterocycles. The highest BCUT2D eigenvalue weighted by atomic mass is 16.3. The molecule has 1 unspecified atom stereocenters. The van der Waals surface area contributed by atoms with Crippen LogP contribution in [0, 0.1) is 0 Å². The van der Waals surface area contributed by atoms with Crippen molar-refractivity contribution in [3.63, 3.8) is 0 Å². The van der Waals surface area contributed by atoms with Crippen molar-refractivity contribution in [2.45, 2.75) is 31.8 Å². The van der Waals surface area contributed by atoms with E-state index in [1.54, 1.807) is 18.5 Å². The minimum atomic E-state index is -0.151. The van der Waals surface area contributed by atoms with Gasteiger partial charge < -0.3 is 10.0 Å². The van der Waals surface area contributed by atoms with Gasteiger partial charge in [-0.25, -0.2) is 0 Å². The van der Waals surface area contributed by atoms with Crippen LogP contribution in [0.4, 0.5) is 0 Å². The van der Waals surface area contributed by atoms with Crippen molar-refractivity contribution < 1.29 is 9.90 Å². The van der Waals surface area contributed by atoms with Crippen LogP contribution in [-0.4, -0.2) is 46.5 Å². The fourth-order valence-electron chi connectivity index (χ4n) is 2.31. The van der Waals surface area contributed by atoms with Crippen LogP contribution in [0.2, 0.25) is 0 Å². The maximum absolute atomic E-state index is 11.8. The third kappa shape index (κ3) is 3.89. The molecule has 4 nitrogen and oxygen atoms in total. The quantitative estimate of drug-likeness (QED) is 0.612. The first kappa shape index (κ1) is 13.2. The molecule has 0 saturated carbocycles. The average molecular weight is 248 g/mol. The number of β-amino-alcohol motifs (C(OH)–C–C–N with tert-alkyl or cyclic N) is 1. The van der Waals surface area contributed by atoms with E-state index in [4.69, 9.17) is 0 Å². The van der Waals surface area contributed by atoms with Crippen molar-refractivity contribution in [2.75, 3.05) is 19.6 Å². The summed E-state index contributed by atoms with van der Waals surface area (Å²) in [7, 11) is 0. The number of nitrogens with zero attached hydrogens (tertiary/aromatic N) is 2. The second-order valence-corrected chi connectivity index (χ2v) is 4.87. The van der Waals surface area contributed by atoms with Gasteiger partial charge in [0.05, 0.1) is 6.10 Å². The molecule has 1 N–H and O–H groups in total. The Labute approximate surface area is 108 Å². The molecule has 0 bridgehead atoms. The number of pyridine rings is 1. The van der Waals surface area contributed by atoms with E-state index in [0.29, 0.717) is 12.0 Å². The van der Waals surface area contributed by atoms with Gasteiger partial charge in [0, 0.05) is 37.5 Å². The topological polar surface area (TPSA) is 53.4 Å². The van der Waals surface area contributed by atoms with Gasteiger partial charge >= 0.3 is 0 Å². The number of likely N-dealkylation sites (tertiary alicyclic amines) is 1. The summed E-state index contributed by atoms with van der Waals surface area (Å²) in [5.41, 5.74) is 0.703. The van der Waals surface area contributed by atoms with E-state index < -0.39 is 0 Å². The number of hydrogen-bond donors (Lipinski definition) is 1. The minimum absolute atomic E-state index is 0.151. The van der Waals surface area contributed by atoms with Gasteiger partial charge in [-0.15, -0.1) is 0 Å². The molecular weight excluding hydrogens is 228 g/mol. The standard InChI is InChI=1S/C14H20N2O2/c17-13-6-9-16(11-13)8-2-1-5-14(18)12-4-3-7-15-10-12/h3-4,7,10,13,17H,1-2,5-6,8-9,11H2. The molecule has 0 aromatic carbocycles. The number of hydrogen-bond acceptors (Lipinski definition) is 4. The number of carbonyl (C=O) groups excluding carboxylic acids is 1. The Morgan fingerprint density at radius 1 is 1.50 bits per heavy atom. The molecule has 2 rings (SSSR count). The summed E-state index contributed by atoms with van der Waals surface area (Å²) in [6.07, 6.45) is 6.53. The molecule has 1 atom stereocenters. The minimum Gasteiger partial charge on any atom is -0.392 e. The van der Waals surface area contributed by atoms with E-state index in [1.165, 1.54) is 0 Å². The molecule has 1 aromatic rings. The number of aliphatic hydroxyl groups excluding tert-OH is 1. The largest absolute Gasteiger partial charge is 0.392 e. The molecule has 98 valence electrons. The van der Waals surface area contributed by atoms with Crippen molar-refractivity contribution in [2.24, 2.45) is 0 Å². The van der Waals surface area contributed by atoms with Gasteiger partial charge in [0.1, 0.15) is 0 Å². The van der Waals surface area contributed by atoms with E-state index in [2.05, 4.69) is 9.88 Å². The number of aliphatic hydroxyl groups is 1. The first-order valence-electron chi connectivity index (χ1n) is 6.59. The summed E-state index contributed by atoms with van der Waals surface area (Å²) in [6, 6.07) is 3.60. The molecule has 4 heteroatoms. The van der Waals surface area contributed by atoms with Crippen molar-refractivity contribution in [3.05, 3.63) is 30.1 Å². The van der Waals surface area contributed by atoms with Crippen LogP contribution in [0.1, 0.15) is 36.0 Å². The first-order valence-corrected chi connectivity index (χ1v) is 6.59. The third-order valence-corrected chi connectivity index (χ3v) is 3.36. The molecule has 18 heavy (non-hydrogen) atoms. The van der Waals surface area contributed by atoms with Crippen LogP contribution < -0.4 is 0 Å². The molecule has 0 aliphatic carbocycles. The van der Waals surface area contributed by atoms with Crippen molar-refractivity contribution in [1.29, 1.82) is 0 Å². The van der Waals surface area contributed by atoms with E-state index in [-0.39, 0.29) is 11.9 Å². The van der Waals surface area contributed by atoms with Crippen molar-refractivity contribution in [3.8, 4) is 0 Å². The smallest absolute Gasteiger partial charge is 0.164 e. The van der Waals surface area contributed by atoms with Gasteiger partial charge in [0.2, 0.25) is 0 Å². The van der Waals surface area contributed by atoms with E-state index in [9.17, 15) is 9.90 Å². The van der Waals surface area contributed by atoms with Gasteiger partial charge in [-0.3, -0.25) is 9.78 Å². The highest BCUT2D eigenvalue weighted by Gasteiger charge is 2.19. The van der Waals surface area contributed by atoms with E-state index in [1.807, 2.05) is 6.07 Å². The summed E-state index contributed by atoms with van der Waals surface area (Å²) in [5, 5.41) is 9.39. The molecule has 1 saturated heterocycles. The number of carbonyl (C=O) groups is 1. The molecule has 0 radical (unpaired) electrons. The van der Waals surface area contributed by atoms with Crippen LogP contribution in [0.25, 0.3) is 0 Å². The predicted molar refractivity (Wildman–Crippen MR) is 69.5 cm³/mol. The van der Waals surface area contributed by atoms with Crippen molar-refractivity contribution >= 4 is 5.78 Å². The Bertz CT molecular complexity index is 381. The van der Waals surface area contributed by atoms with Crippen LogP contribution in [0.5, 0.6) is 0 Å². The monoisotopic (exact) mass is 248 g/mol. The van der Waals surface area contributed by atoms with Gasteiger partial charge in [-0.05, 0) is 37.9 Å². The predicted octanol–water partition coefficient (Wildman–Crippen LogP) is 1.50. The first-order chi connectivity index (χ1) is 8.75. The molecule has 1 aromatic heterocycles. The Morgan fingerprint density at radius 3 is 3.06 bits per heavy atom. The molecular formula is C14H20N2O2. The summed E-state index contributed by atoms with van der Waals surface area (Å²) in [5.74, 6) is 0.171. The zero-order chi connectivity index (χ0) is 12.8. The summed E-state index contributed by atoms with van der Waals surface area (Å²) >= 11 is 0. The fraction of sp³-hybridized carbons (Fsp3) is 0.571. The Morgan fingerprint density at radius 2 is 2.39 bits per heavy atom. The number of ketones is 1. The lowest BCUT2D eigenvalue weighted by molar-refractivity contribution is 0.0977. The van der Waals surface area contributed by atoms with Gasteiger partial charge in [0.15, 0.2) is 5.78 Å². The van der Waals surface area contributed by atoms with Crippen LogP contribution >= 0.6 is 0 Å².